The summed E-state index contributed by atoms with van der Waals surface area (Å²) in [5.74, 6) is -0.352. The van der Waals surface area contributed by atoms with Crippen LogP contribution >= 0.6 is 27.5 Å². The maximum Gasteiger partial charge on any atom is 0.123 e. The highest BCUT2D eigenvalue weighted by molar-refractivity contribution is 9.10. The zero-order valence-electron chi connectivity index (χ0n) is 10.3. The van der Waals surface area contributed by atoms with E-state index >= 15 is 0 Å². The van der Waals surface area contributed by atoms with Crippen molar-refractivity contribution in [2.45, 2.75) is 19.4 Å². The van der Waals surface area contributed by atoms with E-state index in [-0.39, 0.29) is 12.2 Å². The lowest BCUT2D eigenvalue weighted by Gasteiger charge is -2.15. The predicted octanol–water partition coefficient (Wildman–Crippen LogP) is 4.83. The molecular formula is C15H13BrClFO. The summed E-state index contributed by atoms with van der Waals surface area (Å²) in [7, 11) is 0. The molecule has 2 aromatic rings. The Kier molecular flexibility index (Phi) is 4.61. The third-order valence-electron chi connectivity index (χ3n) is 3.00. The molecule has 0 amide bonds. The first-order valence-electron chi connectivity index (χ1n) is 5.86. The third-order valence-corrected chi connectivity index (χ3v) is 4.45. The number of aliphatic hydroxyl groups excluding tert-OH is 1. The Hall–Kier alpha value is -0.900. The number of hydrogen-bond acceptors (Lipinski definition) is 1. The van der Waals surface area contributed by atoms with Crippen LogP contribution in [0.2, 0.25) is 5.02 Å². The van der Waals surface area contributed by atoms with Crippen molar-refractivity contribution in [2.24, 2.45) is 0 Å². The first-order valence-corrected chi connectivity index (χ1v) is 7.03. The molecule has 0 aliphatic carbocycles. The average Bonchev–Trinajstić information content (AvgIpc) is 2.37. The van der Waals surface area contributed by atoms with E-state index in [4.69, 9.17) is 11.6 Å². The highest BCUT2D eigenvalue weighted by Gasteiger charge is 2.15. The predicted molar refractivity (Wildman–Crippen MR) is 79.0 cm³/mol. The van der Waals surface area contributed by atoms with Crippen LogP contribution in [0.5, 0.6) is 0 Å². The Labute approximate surface area is 125 Å². The molecule has 1 unspecified atom stereocenters. The smallest absolute Gasteiger partial charge is 0.123 e. The van der Waals surface area contributed by atoms with Crippen molar-refractivity contribution in [3.05, 3.63) is 68.4 Å². The fourth-order valence-electron chi connectivity index (χ4n) is 1.95. The van der Waals surface area contributed by atoms with Crippen molar-refractivity contribution >= 4 is 27.5 Å². The number of rotatable bonds is 3. The Balaban J connectivity index is 2.28. The number of aryl methyl sites for hydroxylation is 1. The molecule has 0 bridgehead atoms. The van der Waals surface area contributed by atoms with E-state index in [1.807, 2.05) is 25.1 Å². The molecule has 0 heterocycles. The second-order valence-electron chi connectivity index (χ2n) is 4.43. The monoisotopic (exact) mass is 342 g/mol. The average molecular weight is 344 g/mol. The summed E-state index contributed by atoms with van der Waals surface area (Å²) in [5, 5.41) is 10.7. The van der Waals surface area contributed by atoms with Crippen LogP contribution in [-0.4, -0.2) is 5.11 Å². The van der Waals surface area contributed by atoms with Crippen molar-refractivity contribution in [2.75, 3.05) is 0 Å². The normalized spacial score (nSPS) is 12.5. The quantitative estimate of drug-likeness (QED) is 0.846. The van der Waals surface area contributed by atoms with Gasteiger partial charge in [0, 0.05) is 15.9 Å². The van der Waals surface area contributed by atoms with Crippen LogP contribution in [0.4, 0.5) is 4.39 Å². The lowest BCUT2D eigenvalue weighted by atomic mass is 10.00. The minimum atomic E-state index is -0.728. The molecule has 0 aliphatic rings. The first-order chi connectivity index (χ1) is 8.99. The molecule has 0 radical (unpaired) electrons. The van der Waals surface area contributed by atoms with Crippen LogP contribution in [0, 0.1) is 12.7 Å². The maximum atomic E-state index is 13.2. The van der Waals surface area contributed by atoms with E-state index in [2.05, 4.69) is 15.9 Å². The van der Waals surface area contributed by atoms with Gasteiger partial charge in [-0.2, -0.15) is 0 Å². The van der Waals surface area contributed by atoms with Gasteiger partial charge in [0.2, 0.25) is 0 Å². The molecule has 0 saturated carbocycles. The van der Waals surface area contributed by atoms with E-state index < -0.39 is 6.10 Å². The zero-order valence-corrected chi connectivity index (χ0v) is 12.7. The molecule has 0 fully saturated rings. The molecule has 4 heteroatoms. The van der Waals surface area contributed by atoms with Gasteiger partial charge < -0.3 is 5.11 Å². The Morgan fingerprint density at radius 2 is 2.05 bits per heavy atom. The van der Waals surface area contributed by atoms with Gasteiger partial charge in [0.15, 0.2) is 0 Å². The van der Waals surface area contributed by atoms with Crippen molar-refractivity contribution in [1.82, 2.24) is 0 Å². The molecule has 0 saturated heterocycles. The first kappa shape index (κ1) is 14.5. The Morgan fingerprint density at radius 1 is 1.32 bits per heavy atom. The Morgan fingerprint density at radius 3 is 2.79 bits per heavy atom. The molecule has 0 aromatic heterocycles. The minimum Gasteiger partial charge on any atom is -0.388 e. The van der Waals surface area contributed by atoms with Gasteiger partial charge >= 0.3 is 0 Å². The maximum absolute atomic E-state index is 13.2. The fraction of sp³-hybridized carbons (Fsp3) is 0.200. The molecule has 2 aromatic carbocycles. The van der Waals surface area contributed by atoms with Crippen molar-refractivity contribution in [1.29, 1.82) is 0 Å². The van der Waals surface area contributed by atoms with Gasteiger partial charge in [-0.3, -0.25) is 0 Å². The van der Waals surface area contributed by atoms with Crippen LogP contribution in [0.15, 0.2) is 40.9 Å². The standard InChI is InChI=1S/C15H13BrClFO/c1-9-3-2-4-12(15(9)16)14(19)8-10-7-11(18)5-6-13(10)17/h2-7,14,19H,8H2,1H3. The number of halogens is 3. The van der Waals surface area contributed by atoms with Crippen LogP contribution in [-0.2, 0) is 6.42 Å². The summed E-state index contributed by atoms with van der Waals surface area (Å²) < 4.78 is 14.1. The van der Waals surface area contributed by atoms with Gasteiger partial charge in [0.05, 0.1) is 6.10 Å². The molecule has 1 nitrogen and oxygen atoms in total. The van der Waals surface area contributed by atoms with E-state index in [0.29, 0.717) is 10.6 Å². The summed E-state index contributed by atoms with van der Waals surface area (Å²) in [6.07, 6.45) is -0.452. The van der Waals surface area contributed by atoms with Crippen molar-refractivity contribution in [3.63, 3.8) is 0 Å². The van der Waals surface area contributed by atoms with Gasteiger partial charge in [0.1, 0.15) is 5.82 Å². The SMILES string of the molecule is Cc1cccc(C(O)Cc2cc(F)ccc2Cl)c1Br. The Bertz CT molecular complexity index is 601. The van der Waals surface area contributed by atoms with Crippen LogP contribution in [0.3, 0.4) is 0 Å². The van der Waals surface area contributed by atoms with Gasteiger partial charge in [-0.25, -0.2) is 4.39 Å². The lowest BCUT2D eigenvalue weighted by Crippen LogP contribution is -2.04. The van der Waals surface area contributed by atoms with Crippen LogP contribution < -0.4 is 0 Å². The molecule has 0 spiro atoms. The molecule has 1 N–H and O–H groups in total. The van der Waals surface area contributed by atoms with Crippen LogP contribution in [0.25, 0.3) is 0 Å². The summed E-state index contributed by atoms with van der Waals surface area (Å²) in [6, 6.07) is 9.84. The van der Waals surface area contributed by atoms with E-state index in [9.17, 15) is 9.50 Å². The number of benzene rings is 2. The van der Waals surface area contributed by atoms with Crippen LogP contribution in [0.1, 0.15) is 22.8 Å². The second-order valence-corrected chi connectivity index (χ2v) is 5.63. The summed E-state index contributed by atoms with van der Waals surface area (Å²) in [6.45, 7) is 1.95. The fourth-order valence-corrected chi connectivity index (χ4v) is 2.67. The van der Waals surface area contributed by atoms with Gasteiger partial charge in [0.25, 0.3) is 0 Å². The van der Waals surface area contributed by atoms with Gasteiger partial charge in [-0.05, 0) is 41.8 Å². The van der Waals surface area contributed by atoms with E-state index in [1.165, 1.54) is 18.2 Å². The van der Waals surface area contributed by atoms with Gasteiger partial charge in [-0.15, -0.1) is 0 Å². The molecule has 2 rings (SSSR count). The highest BCUT2D eigenvalue weighted by atomic mass is 79.9. The lowest BCUT2D eigenvalue weighted by molar-refractivity contribution is 0.177. The third kappa shape index (κ3) is 3.35. The molecule has 0 aliphatic heterocycles. The second kappa shape index (κ2) is 6.04. The zero-order chi connectivity index (χ0) is 14.0. The van der Waals surface area contributed by atoms with E-state index in [0.717, 1.165) is 15.6 Å². The molecule has 1 atom stereocenters. The number of aliphatic hydroxyl groups is 1. The summed E-state index contributed by atoms with van der Waals surface area (Å²) >= 11 is 9.47. The topological polar surface area (TPSA) is 20.2 Å². The number of hydrogen-bond donors (Lipinski definition) is 1. The molecule has 100 valence electrons. The van der Waals surface area contributed by atoms with Gasteiger partial charge in [-0.1, -0.05) is 45.7 Å². The summed E-state index contributed by atoms with van der Waals surface area (Å²) in [4.78, 5) is 0. The highest BCUT2D eigenvalue weighted by Crippen LogP contribution is 2.30. The minimum absolute atomic E-state index is 0.276. The van der Waals surface area contributed by atoms with E-state index in [1.54, 1.807) is 0 Å². The summed E-state index contributed by atoms with van der Waals surface area (Å²) in [5.41, 5.74) is 2.42. The van der Waals surface area contributed by atoms with Crippen molar-refractivity contribution < 1.29 is 9.50 Å². The molecular weight excluding hydrogens is 331 g/mol. The van der Waals surface area contributed by atoms with Crippen molar-refractivity contribution in [3.8, 4) is 0 Å². The largest absolute Gasteiger partial charge is 0.388 e. The molecule has 19 heavy (non-hydrogen) atoms.